The number of halogens is 1. The van der Waals surface area contributed by atoms with Crippen molar-refractivity contribution in [2.45, 2.75) is 57.1 Å². The van der Waals surface area contributed by atoms with Crippen molar-refractivity contribution in [3.63, 3.8) is 0 Å². The van der Waals surface area contributed by atoms with Crippen molar-refractivity contribution in [2.24, 2.45) is 10.9 Å². The Morgan fingerprint density at radius 3 is 2.61 bits per heavy atom. The number of nitrogens with zero attached hydrogens (tertiary/aromatic N) is 2. The van der Waals surface area contributed by atoms with Crippen LogP contribution in [0.25, 0.3) is 0 Å². The Morgan fingerprint density at radius 2 is 1.93 bits per heavy atom. The maximum atomic E-state index is 13.9. The third-order valence-corrected chi connectivity index (χ3v) is 8.43. The molecular weight excluding hydrogens is 608 g/mol. The SMILES string of the molecule is C\C=C/C(=C\C=N\O)NC(=O)C[C@@H](NS(=O)(=O)Cc1ccccc1)C(=O)N1CCC[C@H]1C(=O)NCc1cc(Cl)ccc1CN. The predicted molar refractivity (Wildman–Crippen MR) is 168 cm³/mol. The molecule has 0 spiro atoms. The summed E-state index contributed by atoms with van der Waals surface area (Å²) in [6, 6.07) is 11.2. The lowest BCUT2D eigenvalue weighted by atomic mass is 10.1. The van der Waals surface area contributed by atoms with Crippen molar-refractivity contribution in [3.8, 4) is 0 Å². The van der Waals surface area contributed by atoms with E-state index in [9.17, 15) is 22.8 Å². The summed E-state index contributed by atoms with van der Waals surface area (Å²) in [5.74, 6) is -2.20. The van der Waals surface area contributed by atoms with E-state index in [1.165, 1.54) is 17.1 Å². The molecule has 1 fully saturated rings. The number of oxime groups is 1. The Kier molecular flexibility index (Phi) is 13.1. The standard InChI is InChI=1S/C30H37ClN6O6S/c1-2-7-25(13-14-34-41)35-28(38)17-26(36-44(42,43)20-21-8-4-3-5-9-21)30(40)37-15-6-10-27(37)29(39)33-19-23-16-24(31)12-11-22(23)18-32/h2-5,7-9,11-14,16,26-27,36,41H,6,10,15,17-20,32H2,1H3,(H,33,39)(H,35,38)/b7-2-,25-13+,34-14+/t26-,27+/m1/s1. The highest BCUT2D eigenvalue weighted by molar-refractivity contribution is 7.88. The van der Waals surface area contributed by atoms with Gasteiger partial charge in [0, 0.05) is 30.4 Å². The molecule has 14 heteroatoms. The van der Waals surface area contributed by atoms with Crippen LogP contribution in [0, 0.1) is 0 Å². The summed E-state index contributed by atoms with van der Waals surface area (Å²) in [6.07, 6.45) is 5.87. The number of rotatable bonds is 14. The molecule has 3 amide bonds. The van der Waals surface area contributed by atoms with Crippen molar-refractivity contribution in [1.82, 2.24) is 20.3 Å². The van der Waals surface area contributed by atoms with Crippen LogP contribution >= 0.6 is 11.6 Å². The van der Waals surface area contributed by atoms with E-state index in [4.69, 9.17) is 22.5 Å². The van der Waals surface area contributed by atoms with Gasteiger partial charge in [-0.15, -0.1) is 0 Å². The molecular formula is C30H37ClN6O6S. The molecule has 0 saturated carbocycles. The van der Waals surface area contributed by atoms with E-state index < -0.39 is 52.0 Å². The third-order valence-electron chi connectivity index (χ3n) is 6.84. The smallest absolute Gasteiger partial charge is 0.243 e. The van der Waals surface area contributed by atoms with Gasteiger partial charge in [-0.3, -0.25) is 14.4 Å². The van der Waals surface area contributed by atoms with Gasteiger partial charge in [-0.25, -0.2) is 13.1 Å². The van der Waals surface area contributed by atoms with Crippen LogP contribution in [-0.4, -0.2) is 61.1 Å². The summed E-state index contributed by atoms with van der Waals surface area (Å²) in [4.78, 5) is 41.5. The van der Waals surface area contributed by atoms with Gasteiger partial charge in [-0.2, -0.15) is 0 Å². The molecule has 2 aromatic rings. The van der Waals surface area contributed by atoms with E-state index >= 15 is 0 Å². The molecule has 2 aromatic carbocycles. The van der Waals surface area contributed by atoms with Gasteiger partial charge in [0.25, 0.3) is 0 Å². The predicted octanol–water partition coefficient (Wildman–Crippen LogP) is 2.32. The van der Waals surface area contributed by atoms with Crippen molar-refractivity contribution in [1.29, 1.82) is 0 Å². The van der Waals surface area contributed by atoms with Crippen LogP contribution in [-0.2, 0) is 43.2 Å². The summed E-state index contributed by atoms with van der Waals surface area (Å²) in [7, 11) is -4.09. The molecule has 0 aliphatic carbocycles. The van der Waals surface area contributed by atoms with Crippen molar-refractivity contribution < 1.29 is 28.0 Å². The summed E-state index contributed by atoms with van der Waals surface area (Å²) in [5.41, 5.74) is 8.11. The minimum Gasteiger partial charge on any atom is -0.411 e. The number of hydrogen-bond acceptors (Lipinski definition) is 8. The van der Waals surface area contributed by atoms with Crippen LogP contribution in [0.3, 0.4) is 0 Å². The highest BCUT2D eigenvalue weighted by Crippen LogP contribution is 2.21. The van der Waals surface area contributed by atoms with Crippen LogP contribution < -0.4 is 21.1 Å². The average Bonchev–Trinajstić information content (AvgIpc) is 3.48. The number of carbonyl (C=O) groups is 3. The first kappa shape index (κ1) is 34.5. The second-order valence-corrected chi connectivity index (χ2v) is 12.3. The highest BCUT2D eigenvalue weighted by atomic mass is 35.5. The Hall–Kier alpha value is -4.04. The van der Waals surface area contributed by atoms with E-state index in [0.717, 1.165) is 17.3 Å². The van der Waals surface area contributed by atoms with Gasteiger partial charge >= 0.3 is 0 Å². The lowest BCUT2D eigenvalue weighted by molar-refractivity contribution is -0.140. The summed E-state index contributed by atoms with van der Waals surface area (Å²) in [6.45, 7) is 2.30. The van der Waals surface area contributed by atoms with E-state index in [1.807, 2.05) is 0 Å². The fourth-order valence-corrected chi connectivity index (χ4v) is 6.35. The van der Waals surface area contributed by atoms with Gasteiger partial charge in [0.1, 0.15) is 12.1 Å². The zero-order chi connectivity index (χ0) is 32.1. The molecule has 12 nitrogen and oxygen atoms in total. The van der Waals surface area contributed by atoms with Gasteiger partial charge in [0.05, 0.1) is 18.4 Å². The van der Waals surface area contributed by atoms with Crippen LogP contribution in [0.2, 0.25) is 5.02 Å². The molecule has 44 heavy (non-hydrogen) atoms. The lowest BCUT2D eigenvalue weighted by Crippen LogP contribution is -2.54. The van der Waals surface area contributed by atoms with E-state index in [1.54, 1.807) is 61.5 Å². The zero-order valence-electron chi connectivity index (χ0n) is 24.3. The van der Waals surface area contributed by atoms with Crippen LogP contribution in [0.1, 0.15) is 42.9 Å². The first-order valence-corrected chi connectivity index (χ1v) is 16.0. The van der Waals surface area contributed by atoms with Crippen molar-refractivity contribution in [2.75, 3.05) is 6.54 Å². The summed E-state index contributed by atoms with van der Waals surface area (Å²) < 4.78 is 28.7. The number of hydrogen-bond donors (Lipinski definition) is 5. The van der Waals surface area contributed by atoms with Crippen molar-refractivity contribution >= 4 is 45.6 Å². The Bertz CT molecular complexity index is 1510. The maximum Gasteiger partial charge on any atom is 0.243 e. The largest absolute Gasteiger partial charge is 0.411 e. The van der Waals surface area contributed by atoms with Crippen LogP contribution in [0.4, 0.5) is 0 Å². The molecule has 1 saturated heterocycles. The Morgan fingerprint density at radius 1 is 1.18 bits per heavy atom. The average molecular weight is 645 g/mol. The topological polar surface area (TPSA) is 183 Å². The van der Waals surface area contributed by atoms with E-state index in [-0.39, 0.29) is 25.3 Å². The minimum atomic E-state index is -4.09. The molecule has 2 atom stereocenters. The Labute approximate surface area is 262 Å². The molecule has 0 bridgehead atoms. The highest BCUT2D eigenvalue weighted by Gasteiger charge is 2.39. The van der Waals surface area contributed by atoms with Gasteiger partial charge in [-0.1, -0.05) is 59.2 Å². The Balaban J connectivity index is 1.81. The summed E-state index contributed by atoms with van der Waals surface area (Å²) >= 11 is 6.12. The number of allylic oxidation sites excluding steroid dienone is 3. The van der Waals surface area contributed by atoms with Gasteiger partial charge in [-0.05, 0) is 60.7 Å². The number of likely N-dealkylation sites (tertiary alicyclic amines) is 1. The van der Waals surface area contributed by atoms with Gasteiger partial charge in [0.15, 0.2) is 0 Å². The molecule has 236 valence electrons. The monoisotopic (exact) mass is 644 g/mol. The first-order chi connectivity index (χ1) is 21.1. The second-order valence-electron chi connectivity index (χ2n) is 10.1. The first-order valence-electron chi connectivity index (χ1n) is 14.0. The van der Waals surface area contributed by atoms with Crippen molar-refractivity contribution in [3.05, 3.63) is 94.2 Å². The fourth-order valence-electron chi connectivity index (χ4n) is 4.82. The zero-order valence-corrected chi connectivity index (χ0v) is 25.9. The van der Waals surface area contributed by atoms with E-state index in [2.05, 4.69) is 20.5 Å². The minimum absolute atomic E-state index is 0.136. The molecule has 0 aromatic heterocycles. The number of benzene rings is 2. The number of nitrogens with one attached hydrogen (secondary N) is 3. The fraction of sp³-hybridized carbons (Fsp3) is 0.333. The number of amides is 3. The second kappa shape index (κ2) is 16.7. The molecule has 3 rings (SSSR count). The molecule has 0 radical (unpaired) electrons. The molecule has 0 unspecified atom stereocenters. The maximum absolute atomic E-state index is 13.9. The normalized spacial score (nSPS) is 16.4. The number of nitrogens with two attached hydrogens (primary N) is 1. The molecule has 1 aliphatic rings. The third kappa shape index (κ3) is 10.3. The van der Waals surface area contributed by atoms with Gasteiger partial charge in [0.2, 0.25) is 27.7 Å². The molecule has 1 aliphatic heterocycles. The number of sulfonamides is 1. The quantitative estimate of drug-likeness (QED) is 0.0904. The van der Waals surface area contributed by atoms with Gasteiger partial charge < -0.3 is 26.5 Å². The van der Waals surface area contributed by atoms with E-state index in [0.29, 0.717) is 23.4 Å². The molecule has 1 heterocycles. The van der Waals surface area contributed by atoms with Crippen LogP contribution in [0.5, 0.6) is 0 Å². The van der Waals surface area contributed by atoms with Crippen LogP contribution in [0.15, 0.2) is 77.6 Å². The molecule has 6 N–H and O–H groups in total. The summed E-state index contributed by atoms with van der Waals surface area (Å²) in [5, 5.41) is 17.5. The number of carbonyl (C=O) groups excluding carboxylic acids is 3. The lowest BCUT2D eigenvalue weighted by Gasteiger charge is -2.28.